The number of nitrogens with one attached hydrogen (secondary N) is 1. The number of halogens is 2. The molecule has 25 heavy (non-hydrogen) atoms. The van der Waals surface area contributed by atoms with Gasteiger partial charge >= 0.3 is 0 Å². The Morgan fingerprint density at radius 2 is 1.84 bits per heavy atom. The summed E-state index contributed by atoms with van der Waals surface area (Å²) in [6.45, 7) is 4.10. The van der Waals surface area contributed by atoms with Gasteiger partial charge in [-0.05, 0) is 48.4 Å². The molecule has 0 unspecified atom stereocenters. The number of benzene rings is 2. The lowest BCUT2D eigenvalue weighted by Gasteiger charge is -2.36. The second kappa shape index (κ2) is 7.54. The van der Waals surface area contributed by atoms with Crippen molar-refractivity contribution in [2.45, 2.75) is 6.42 Å². The normalized spacial score (nSPS) is 16.0. The summed E-state index contributed by atoms with van der Waals surface area (Å²) in [5, 5.41) is 4.08. The Morgan fingerprint density at radius 3 is 2.60 bits per heavy atom. The zero-order chi connectivity index (χ0) is 16.5. The van der Waals surface area contributed by atoms with E-state index >= 15 is 0 Å². The fraction of sp³-hybridized carbons (Fsp3) is 0.316. The highest BCUT2D eigenvalue weighted by Gasteiger charge is 2.23. The Labute approximate surface area is 159 Å². The number of hydrogen-bond acceptors (Lipinski definition) is 3. The van der Waals surface area contributed by atoms with Crippen molar-refractivity contribution >= 4 is 41.3 Å². The summed E-state index contributed by atoms with van der Waals surface area (Å²) in [4.78, 5) is 17.0. The van der Waals surface area contributed by atoms with Gasteiger partial charge in [0.25, 0.3) is 5.91 Å². The second-order valence-corrected chi connectivity index (χ2v) is 6.74. The number of anilines is 2. The highest BCUT2D eigenvalue weighted by molar-refractivity contribution is 6.30. The van der Waals surface area contributed by atoms with Crippen LogP contribution in [0.25, 0.3) is 0 Å². The van der Waals surface area contributed by atoms with Crippen LogP contribution >= 0.6 is 24.0 Å². The number of fused-ring (bicyclic) bond motifs is 1. The van der Waals surface area contributed by atoms with E-state index in [2.05, 4.69) is 16.3 Å². The lowest BCUT2D eigenvalue weighted by Crippen LogP contribution is -2.48. The van der Waals surface area contributed by atoms with Gasteiger partial charge < -0.3 is 15.1 Å². The molecule has 1 saturated heterocycles. The molecular formula is C19H21Cl2N3O. The molecule has 1 amide bonds. The van der Waals surface area contributed by atoms with Crippen LogP contribution in [-0.2, 0) is 6.42 Å². The molecule has 0 aliphatic carbocycles. The molecule has 2 heterocycles. The summed E-state index contributed by atoms with van der Waals surface area (Å²) in [6, 6.07) is 13.9. The minimum absolute atomic E-state index is 0. The molecule has 2 aliphatic heterocycles. The monoisotopic (exact) mass is 377 g/mol. The maximum absolute atomic E-state index is 12.8. The van der Waals surface area contributed by atoms with E-state index < -0.39 is 0 Å². The zero-order valence-corrected chi connectivity index (χ0v) is 15.4. The van der Waals surface area contributed by atoms with Gasteiger partial charge in [-0.3, -0.25) is 4.79 Å². The van der Waals surface area contributed by atoms with Gasteiger partial charge in [-0.15, -0.1) is 12.4 Å². The number of amides is 1. The van der Waals surface area contributed by atoms with Crippen molar-refractivity contribution in [2.75, 3.05) is 42.9 Å². The molecule has 132 valence electrons. The van der Waals surface area contributed by atoms with Crippen molar-refractivity contribution in [1.82, 2.24) is 4.90 Å². The summed E-state index contributed by atoms with van der Waals surface area (Å²) >= 11 is 6.07. The number of piperazine rings is 1. The van der Waals surface area contributed by atoms with Gasteiger partial charge in [0, 0.05) is 54.7 Å². The molecule has 2 aromatic rings. The molecule has 4 nitrogen and oxygen atoms in total. The predicted molar refractivity (Wildman–Crippen MR) is 105 cm³/mol. The van der Waals surface area contributed by atoms with Gasteiger partial charge in [0.2, 0.25) is 0 Å². The first kappa shape index (κ1) is 17.9. The maximum atomic E-state index is 12.8. The molecule has 0 saturated carbocycles. The largest absolute Gasteiger partial charge is 0.384 e. The smallest absolute Gasteiger partial charge is 0.253 e. The molecule has 0 radical (unpaired) electrons. The molecule has 1 N–H and O–H groups in total. The van der Waals surface area contributed by atoms with Crippen molar-refractivity contribution < 1.29 is 4.79 Å². The molecule has 0 atom stereocenters. The molecule has 0 spiro atoms. The van der Waals surface area contributed by atoms with Crippen LogP contribution in [0.2, 0.25) is 5.02 Å². The van der Waals surface area contributed by atoms with Crippen LogP contribution in [0.1, 0.15) is 15.9 Å². The molecule has 0 bridgehead atoms. The quantitative estimate of drug-likeness (QED) is 0.866. The molecule has 4 rings (SSSR count). The Balaban J connectivity index is 0.00000182. The second-order valence-electron chi connectivity index (χ2n) is 6.31. The van der Waals surface area contributed by atoms with Crippen molar-refractivity contribution in [1.29, 1.82) is 0 Å². The first-order valence-electron chi connectivity index (χ1n) is 8.37. The van der Waals surface area contributed by atoms with Crippen LogP contribution in [0.4, 0.5) is 11.4 Å². The summed E-state index contributed by atoms with van der Waals surface area (Å²) in [7, 11) is 0. The van der Waals surface area contributed by atoms with Gasteiger partial charge in [-0.2, -0.15) is 0 Å². The van der Waals surface area contributed by atoms with E-state index in [0.29, 0.717) is 0 Å². The Hall–Kier alpha value is -1.91. The third-order valence-electron chi connectivity index (χ3n) is 4.80. The average Bonchev–Trinajstić information content (AvgIpc) is 3.09. The van der Waals surface area contributed by atoms with E-state index in [4.69, 9.17) is 11.6 Å². The third kappa shape index (κ3) is 3.70. The van der Waals surface area contributed by atoms with Gasteiger partial charge in [0.05, 0.1) is 0 Å². The minimum Gasteiger partial charge on any atom is -0.384 e. The van der Waals surface area contributed by atoms with Crippen LogP contribution in [-0.4, -0.2) is 43.5 Å². The third-order valence-corrected chi connectivity index (χ3v) is 5.04. The number of rotatable bonds is 2. The molecule has 0 aromatic heterocycles. The summed E-state index contributed by atoms with van der Waals surface area (Å²) in [5.41, 5.74) is 4.34. The molecule has 1 fully saturated rings. The SMILES string of the molecule is Cl.O=C(c1ccc2c(c1)CCN2)N1CCN(c2cccc(Cl)c2)CC1. The summed E-state index contributed by atoms with van der Waals surface area (Å²) in [6.07, 6.45) is 0.999. The number of hydrogen-bond donors (Lipinski definition) is 1. The molecule has 2 aromatic carbocycles. The first-order valence-corrected chi connectivity index (χ1v) is 8.75. The standard InChI is InChI=1S/C19H20ClN3O.ClH/c20-16-2-1-3-17(13-16)22-8-10-23(11-9-22)19(24)15-4-5-18-14(12-15)6-7-21-18;/h1-5,12-13,21H,6-11H2;1H. The van der Waals surface area contributed by atoms with E-state index in [-0.39, 0.29) is 18.3 Å². The molecular weight excluding hydrogens is 357 g/mol. The Kier molecular flexibility index (Phi) is 5.40. The number of nitrogens with zero attached hydrogens (tertiary/aromatic N) is 2. The van der Waals surface area contributed by atoms with Crippen LogP contribution in [0.15, 0.2) is 42.5 Å². The van der Waals surface area contributed by atoms with Gasteiger partial charge in [0.1, 0.15) is 0 Å². The van der Waals surface area contributed by atoms with Gasteiger partial charge in [-0.25, -0.2) is 0 Å². The number of carbonyl (C=O) groups excluding carboxylic acids is 1. The lowest BCUT2D eigenvalue weighted by molar-refractivity contribution is 0.0746. The highest BCUT2D eigenvalue weighted by atomic mass is 35.5. The summed E-state index contributed by atoms with van der Waals surface area (Å²) < 4.78 is 0. The van der Waals surface area contributed by atoms with Crippen molar-refractivity contribution in [3.8, 4) is 0 Å². The van der Waals surface area contributed by atoms with Crippen molar-refractivity contribution in [3.63, 3.8) is 0 Å². The van der Waals surface area contributed by atoms with E-state index in [9.17, 15) is 4.79 Å². The fourth-order valence-corrected chi connectivity index (χ4v) is 3.65. The van der Waals surface area contributed by atoms with E-state index in [1.54, 1.807) is 0 Å². The molecule has 6 heteroatoms. The molecule has 2 aliphatic rings. The van der Waals surface area contributed by atoms with Crippen LogP contribution < -0.4 is 10.2 Å². The summed E-state index contributed by atoms with van der Waals surface area (Å²) in [5.74, 6) is 0.135. The van der Waals surface area contributed by atoms with E-state index in [0.717, 1.165) is 61.1 Å². The zero-order valence-electron chi connectivity index (χ0n) is 13.9. The minimum atomic E-state index is 0. The maximum Gasteiger partial charge on any atom is 0.253 e. The van der Waals surface area contributed by atoms with Gasteiger partial charge in [-0.1, -0.05) is 17.7 Å². The first-order chi connectivity index (χ1) is 11.7. The van der Waals surface area contributed by atoms with E-state index in [1.165, 1.54) is 5.56 Å². The van der Waals surface area contributed by atoms with Crippen LogP contribution in [0, 0.1) is 0 Å². The van der Waals surface area contributed by atoms with Crippen molar-refractivity contribution in [3.05, 3.63) is 58.6 Å². The van der Waals surface area contributed by atoms with Crippen LogP contribution in [0.5, 0.6) is 0 Å². The topological polar surface area (TPSA) is 35.6 Å². The average molecular weight is 378 g/mol. The Bertz CT molecular complexity index is 773. The fourth-order valence-electron chi connectivity index (χ4n) is 3.46. The Morgan fingerprint density at radius 1 is 1.04 bits per heavy atom. The highest BCUT2D eigenvalue weighted by Crippen LogP contribution is 2.25. The lowest BCUT2D eigenvalue weighted by atomic mass is 10.1. The predicted octanol–water partition coefficient (Wildman–Crippen LogP) is 3.69. The van der Waals surface area contributed by atoms with Gasteiger partial charge in [0.15, 0.2) is 0 Å². The van der Waals surface area contributed by atoms with Crippen molar-refractivity contribution in [2.24, 2.45) is 0 Å². The van der Waals surface area contributed by atoms with Crippen LogP contribution in [0.3, 0.4) is 0 Å². The number of carbonyl (C=O) groups is 1. The van der Waals surface area contributed by atoms with E-state index in [1.807, 2.05) is 41.3 Å².